The van der Waals surface area contributed by atoms with Crippen LogP contribution in [0, 0.1) is 5.41 Å². The van der Waals surface area contributed by atoms with Gasteiger partial charge >= 0.3 is 65.3 Å². The van der Waals surface area contributed by atoms with Gasteiger partial charge in [-0.15, -0.1) is 9.89 Å². The maximum atomic E-state index is 14.3. The molecule has 3 aromatic carbocycles. The van der Waals surface area contributed by atoms with Crippen molar-refractivity contribution in [2.45, 2.75) is 50.6 Å². The molecule has 0 unspecified atom stereocenters. The molecule has 1 N–H and O–H groups in total. The Labute approximate surface area is 348 Å². The number of carbonyl (C=O) groups excluding carboxylic acids is 1. The number of benzene rings is 3. The van der Waals surface area contributed by atoms with E-state index in [1.54, 1.807) is 11.0 Å². The van der Waals surface area contributed by atoms with E-state index in [0.717, 1.165) is 6.07 Å². The van der Waals surface area contributed by atoms with Crippen LogP contribution in [0.1, 0.15) is 56.4 Å². The van der Waals surface area contributed by atoms with Crippen molar-refractivity contribution in [3.63, 3.8) is 0 Å². The molecule has 0 saturated heterocycles. The molecule has 0 atom stereocenters. The molecule has 1 aliphatic rings. The fourth-order valence-electron chi connectivity index (χ4n) is 5.15. The predicted octanol–water partition coefficient (Wildman–Crippen LogP) is -0.737. The van der Waals surface area contributed by atoms with Crippen LogP contribution in [0.25, 0.3) is 11.4 Å². The summed E-state index contributed by atoms with van der Waals surface area (Å²) in [6.07, 6.45) is -4.71. The molecular formula is C32H30F3N7Na2O7S2. The molecule has 0 aliphatic carbocycles. The number of amides is 1. The summed E-state index contributed by atoms with van der Waals surface area (Å²) in [5, 5.41) is 11.3. The normalized spacial score (nSPS) is 13.8. The summed E-state index contributed by atoms with van der Waals surface area (Å²) in [6, 6.07) is 11.4. The molecule has 1 amide bonds. The Hall–Kier alpha value is -2.98. The minimum Gasteiger partial charge on any atom is -0.744 e. The van der Waals surface area contributed by atoms with E-state index >= 15 is 0 Å². The van der Waals surface area contributed by atoms with Crippen LogP contribution in [-0.2, 0) is 26.4 Å². The van der Waals surface area contributed by atoms with Gasteiger partial charge in [0.2, 0.25) is 5.82 Å². The summed E-state index contributed by atoms with van der Waals surface area (Å²) in [4.78, 5) is 22.7. The largest absolute Gasteiger partial charge is 1.00 e. The quantitative estimate of drug-likeness (QED) is 0.166. The number of carbonyl (C=O) groups is 1. The Bertz CT molecular complexity index is 2270. The molecular weight excluding hydrogens is 762 g/mol. The van der Waals surface area contributed by atoms with Crippen LogP contribution < -0.4 is 69.3 Å². The summed E-state index contributed by atoms with van der Waals surface area (Å²) in [5.74, 6) is -0.796. The van der Waals surface area contributed by atoms with Crippen LogP contribution in [0.5, 0.6) is 0 Å². The molecule has 4 aromatic rings. The topological polar surface area (TPSA) is 202 Å². The number of nitrogens with zero attached hydrogens (tertiary/aromatic N) is 6. The minimum absolute atomic E-state index is 0. The van der Waals surface area contributed by atoms with Gasteiger partial charge < -0.3 is 19.3 Å². The average Bonchev–Trinajstić information content (AvgIpc) is 3.60. The number of rotatable bonds is 9. The van der Waals surface area contributed by atoms with Gasteiger partial charge in [-0.3, -0.25) is 4.79 Å². The van der Waals surface area contributed by atoms with Gasteiger partial charge in [0, 0.05) is 41.0 Å². The van der Waals surface area contributed by atoms with E-state index in [4.69, 9.17) is 0 Å². The molecule has 53 heavy (non-hydrogen) atoms. The van der Waals surface area contributed by atoms with Gasteiger partial charge in [-0.25, -0.2) is 26.8 Å². The van der Waals surface area contributed by atoms with Crippen LogP contribution in [-0.4, -0.2) is 71.2 Å². The number of anilines is 2. The van der Waals surface area contributed by atoms with E-state index in [-0.39, 0.29) is 87.8 Å². The first-order valence-electron chi connectivity index (χ1n) is 15.2. The van der Waals surface area contributed by atoms with Gasteiger partial charge in [-0.1, -0.05) is 20.8 Å². The molecule has 21 heteroatoms. The standard InChI is InChI=1S/C32H32F3N7O7S2.2Na/c1-6-41(7-2)21-12-13-25(24(16-21)32(33,34)35)37-26-27(31(3,4)5)39-42-29(26)38-28(40-42)18-8-10-20(11-9-18)36-30(43)19-14-22(50(44,45)46)17-23(15-19)51(47,48)49;;/h8-17H,6-7H2,1-5H3,(H,36,43)(H,44,45,46)(H,47,48,49);;/q;2*+1/p-2. The Morgan fingerprint density at radius 2 is 1.45 bits per heavy atom. The van der Waals surface area contributed by atoms with E-state index in [0.29, 0.717) is 48.3 Å². The number of hydrogen-bond acceptors (Lipinski definition) is 12. The second-order valence-corrected chi connectivity index (χ2v) is 15.1. The Kier molecular flexibility index (Phi) is 13.7. The van der Waals surface area contributed by atoms with Gasteiger partial charge in [-0.05, 0) is 74.5 Å². The fraction of sp³-hybridized carbons (Fsp3) is 0.281. The van der Waals surface area contributed by atoms with E-state index in [2.05, 4.69) is 25.5 Å². The van der Waals surface area contributed by atoms with E-state index < -0.39 is 58.7 Å². The van der Waals surface area contributed by atoms with Crippen LogP contribution in [0.2, 0.25) is 0 Å². The first kappa shape index (κ1) is 44.4. The number of fused-ring (bicyclic) bond motifs is 1. The van der Waals surface area contributed by atoms with Gasteiger partial charge in [0.15, 0.2) is 5.82 Å². The molecule has 1 aliphatic heterocycles. The van der Waals surface area contributed by atoms with Gasteiger partial charge in [0.1, 0.15) is 25.9 Å². The summed E-state index contributed by atoms with van der Waals surface area (Å²) in [7, 11) is -10.4. The van der Waals surface area contributed by atoms with Crippen LogP contribution in [0.15, 0.2) is 80.5 Å². The predicted molar refractivity (Wildman–Crippen MR) is 179 cm³/mol. The van der Waals surface area contributed by atoms with E-state index in [1.165, 1.54) is 35.1 Å². The zero-order valence-corrected chi connectivity index (χ0v) is 35.3. The number of nitrogens with one attached hydrogen (secondary N) is 1. The van der Waals surface area contributed by atoms with Gasteiger partial charge in [-0.2, -0.15) is 18.3 Å². The summed E-state index contributed by atoms with van der Waals surface area (Å²) >= 11 is 0. The van der Waals surface area contributed by atoms with Crippen LogP contribution in [0.3, 0.4) is 0 Å². The Balaban J connectivity index is 0.00000378. The number of aliphatic imine (C=N–C) groups is 1. The summed E-state index contributed by atoms with van der Waals surface area (Å²) < 4.78 is 112. The first-order valence-corrected chi connectivity index (χ1v) is 18.0. The van der Waals surface area contributed by atoms with Crippen molar-refractivity contribution >= 4 is 54.6 Å². The maximum Gasteiger partial charge on any atom is 1.00 e. The second kappa shape index (κ2) is 16.4. The molecule has 0 bridgehead atoms. The van der Waals surface area contributed by atoms with E-state index in [9.17, 15) is 43.9 Å². The van der Waals surface area contributed by atoms with E-state index in [1.807, 2.05) is 34.6 Å². The zero-order valence-electron chi connectivity index (χ0n) is 29.7. The van der Waals surface area contributed by atoms with Crippen molar-refractivity contribution in [2.24, 2.45) is 15.5 Å². The van der Waals surface area contributed by atoms with Crippen molar-refractivity contribution in [3.05, 3.63) is 77.6 Å². The number of alkyl halides is 3. The van der Waals surface area contributed by atoms with Gasteiger partial charge in [0.25, 0.3) is 5.91 Å². The second-order valence-electron chi connectivity index (χ2n) is 12.3. The Morgan fingerprint density at radius 1 is 0.887 bits per heavy atom. The molecule has 0 saturated carbocycles. The zero-order chi connectivity index (χ0) is 37.7. The average molecular weight is 792 g/mol. The number of halogens is 3. The van der Waals surface area contributed by atoms with Gasteiger partial charge in [0.05, 0.1) is 26.8 Å². The molecule has 0 radical (unpaired) electrons. The third kappa shape index (κ3) is 10.0. The third-order valence-corrected chi connectivity index (χ3v) is 9.32. The molecule has 14 nitrogen and oxygen atoms in total. The molecule has 0 spiro atoms. The fourth-order valence-corrected chi connectivity index (χ4v) is 6.31. The summed E-state index contributed by atoms with van der Waals surface area (Å²) in [6.45, 7) is 10.2. The minimum atomic E-state index is -5.22. The smallest absolute Gasteiger partial charge is 0.744 e. The molecule has 2 heterocycles. The van der Waals surface area contributed by atoms with Crippen molar-refractivity contribution < 1.29 is 103 Å². The van der Waals surface area contributed by atoms with Crippen LogP contribution in [0.4, 0.5) is 30.2 Å². The Morgan fingerprint density at radius 3 is 1.94 bits per heavy atom. The maximum absolute atomic E-state index is 14.3. The van der Waals surface area contributed by atoms with Crippen molar-refractivity contribution in [1.29, 1.82) is 0 Å². The summed E-state index contributed by atoms with van der Waals surface area (Å²) in [5.41, 5.74) is -1.05. The molecule has 0 fully saturated rings. The SMILES string of the molecule is CCN(CC)c1ccc(N=C2C(C(C)(C)C)=Nn3nc(-c4ccc(NC(=O)c5cc(S(=O)(=O)[O-])cc(S(=O)(=O)[O-])c5)cc4)nc32)c(C(F)(F)F)c1.[Na+].[Na+]. The number of aromatic nitrogens is 3. The first-order chi connectivity index (χ1) is 23.6. The molecule has 1 aromatic heterocycles. The van der Waals surface area contributed by atoms with Crippen molar-refractivity contribution in [3.8, 4) is 11.4 Å². The van der Waals surface area contributed by atoms with Crippen molar-refractivity contribution in [2.75, 3.05) is 23.3 Å². The number of hydrogen-bond donors (Lipinski definition) is 1. The van der Waals surface area contributed by atoms with Crippen LogP contribution >= 0.6 is 0 Å². The molecule has 270 valence electrons. The van der Waals surface area contributed by atoms with Crippen molar-refractivity contribution in [1.82, 2.24) is 14.9 Å². The third-order valence-electron chi connectivity index (χ3n) is 7.70. The molecule has 5 rings (SSSR count). The monoisotopic (exact) mass is 791 g/mol.